The molecule has 2 aliphatic rings. The van der Waals surface area contributed by atoms with Crippen molar-refractivity contribution in [3.63, 3.8) is 0 Å². The smallest absolute Gasteiger partial charge is 0.208 e. The Labute approximate surface area is 104 Å². The molecule has 0 atom stereocenters. The fourth-order valence-corrected chi connectivity index (χ4v) is 2.43. The lowest BCUT2D eigenvalue weighted by Crippen LogP contribution is -2.49. The second kappa shape index (κ2) is 5.69. The van der Waals surface area contributed by atoms with Crippen molar-refractivity contribution in [2.24, 2.45) is 16.8 Å². The third-order valence-corrected chi connectivity index (χ3v) is 3.52. The third-order valence-electron chi connectivity index (χ3n) is 3.52. The van der Waals surface area contributed by atoms with Gasteiger partial charge in [0, 0.05) is 19.6 Å². The minimum atomic E-state index is 0.528. The van der Waals surface area contributed by atoms with E-state index < -0.39 is 0 Å². The van der Waals surface area contributed by atoms with E-state index in [-0.39, 0.29) is 0 Å². The molecule has 0 aromatic carbocycles. The van der Waals surface area contributed by atoms with E-state index in [1.165, 1.54) is 32.2 Å². The minimum absolute atomic E-state index is 0.528. The van der Waals surface area contributed by atoms with Crippen LogP contribution in [0.3, 0.4) is 0 Å². The number of likely N-dealkylation sites (tertiary alicyclic amines) is 1. The van der Waals surface area contributed by atoms with E-state index >= 15 is 0 Å². The molecule has 3 N–H and O–H groups in total. The Morgan fingerprint density at radius 2 is 1.94 bits per heavy atom. The topological polar surface area (TPSA) is 56.9 Å². The summed E-state index contributed by atoms with van der Waals surface area (Å²) >= 11 is 0. The van der Waals surface area contributed by atoms with Gasteiger partial charge in [0.15, 0.2) is 0 Å². The zero-order chi connectivity index (χ0) is 12.3. The van der Waals surface area contributed by atoms with Gasteiger partial charge >= 0.3 is 0 Å². The van der Waals surface area contributed by atoms with E-state index in [0.717, 1.165) is 25.0 Å². The SMILES string of the molecule is CN(C)CC1CCN(C(=NC2CC2)NN)CC1. The van der Waals surface area contributed by atoms with Crippen molar-refractivity contribution in [1.29, 1.82) is 0 Å². The van der Waals surface area contributed by atoms with Gasteiger partial charge in [-0.25, -0.2) is 10.8 Å². The zero-order valence-corrected chi connectivity index (χ0v) is 11.0. The number of nitrogens with zero attached hydrogens (tertiary/aromatic N) is 3. The first kappa shape index (κ1) is 12.6. The predicted molar refractivity (Wildman–Crippen MR) is 70.6 cm³/mol. The van der Waals surface area contributed by atoms with Crippen LogP contribution < -0.4 is 11.3 Å². The second-order valence-electron chi connectivity index (χ2n) is 5.52. The molecule has 1 saturated heterocycles. The van der Waals surface area contributed by atoms with Gasteiger partial charge in [0.05, 0.1) is 6.04 Å². The third kappa shape index (κ3) is 3.85. The summed E-state index contributed by atoms with van der Waals surface area (Å²) in [6, 6.07) is 0.528. The van der Waals surface area contributed by atoms with Crippen molar-refractivity contribution in [2.45, 2.75) is 31.7 Å². The van der Waals surface area contributed by atoms with Crippen molar-refractivity contribution < 1.29 is 0 Å². The van der Waals surface area contributed by atoms with Gasteiger partial charge in [-0.3, -0.25) is 5.43 Å². The molecule has 0 aromatic rings. The molecule has 0 aromatic heterocycles. The summed E-state index contributed by atoms with van der Waals surface area (Å²) in [4.78, 5) is 9.19. The predicted octanol–water partition coefficient (Wildman–Crippen LogP) is 0.242. The molecular formula is C12H25N5. The molecule has 0 spiro atoms. The van der Waals surface area contributed by atoms with Crippen LogP contribution in [0.4, 0.5) is 0 Å². The number of hydrazine groups is 1. The van der Waals surface area contributed by atoms with Crippen molar-refractivity contribution in [3.8, 4) is 0 Å². The minimum Gasteiger partial charge on any atom is -0.342 e. The van der Waals surface area contributed by atoms with E-state index in [9.17, 15) is 0 Å². The molecular weight excluding hydrogens is 214 g/mol. The number of rotatable bonds is 3. The molecule has 0 bridgehead atoms. The molecule has 17 heavy (non-hydrogen) atoms. The number of nitrogens with two attached hydrogens (primary N) is 1. The van der Waals surface area contributed by atoms with Gasteiger partial charge < -0.3 is 9.80 Å². The highest BCUT2D eigenvalue weighted by Crippen LogP contribution is 2.24. The standard InChI is InChI=1S/C12H25N5/c1-16(2)9-10-5-7-17(8-6-10)12(15-13)14-11-3-4-11/h10-11H,3-9,13H2,1-2H3,(H,14,15). The van der Waals surface area contributed by atoms with Gasteiger partial charge in [-0.15, -0.1) is 0 Å². The summed E-state index contributed by atoms with van der Waals surface area (Å²) < 4.78 is 0. The Kier molecular flexibility index (Phi) is 4.23. The Morgan fingerprint density at radius 3 is 2.41 bits per heavy atom. The van der Waals surface area contributed by atoms with Crippen LogP contribution in [-0.4, -0.2) is 55.5 Å². The maximum Gasteiger partial charge on any atom is 0.208 e. The van der Waals surface area contributed by atoms with Crippen LogP contribution in [-0.2, 0) is 0 Å². The van der Waals surface area contributed by atoms with Gasteiger partial charge in [0.25, 0.3) is 0 Å². The average Bonchev–Trinajstić information content (AvgIpc) is 3.10. The lowest BCUT2D eigenvalue weighted by molar-refractivity contribution is 0.215. The molecule has 0 amide bonds. The molecule has 1 saturated carbocycles. The van der Waals surface area contributed by atoms with Crippen LogP contribution in [0, 0.1) is 5.92 Å². The lowest BCUT2D eigenvalue weighted by Gasteiger charge is -2.34. The molecule has 98 valence electrons. The number of piperidine rings is 1. The monoisotopic (exact) mass is 239 g/mol. The maximum atomic E-state index is 5.56. The zero-order valence-electron chi connectivity index (χ0n) is 11.0. The quantitative estimate of drug-likeness (QED) is 0.321. The number of hydrogen-bond donors (Lipinski definition) is 2. The molecule has 1 heterocycles. The Balaban J connectivity index is 1.80. The molecule has 2 rings (SSSR count). The fourth-order valence-electron chi connectivity index (χ4n) is 2.43. The number of aliphatic imine (C=N–C) groups is 1. The first-order valence-electron chi connectivity index (χ1n) is 6.63. The largest absolute Gasteiger partial charge is 0.342 e. The van der Waals surface area contributed by atoms with E-state index in [1.807, 2.05) is 0 Å². The van der Waals surface area contributed by atoms with Gasteiger partial charge in [-0.2, -0.15) is 0 Å². The van der Waals surface area contributed by atoms with E-state index in [4.69, 9.17) is 5.84 Å². The van der Waals surface area contributed by atoms with Crippen LogP contribution in [0.1, 0.15) is 25.7 Å². The van der Waals surface area contributed by atoms with Crippen molar-refractivity contribution in [3.05, 3.63) is 0 Å². The molecule has 5 nitrogen and oxygen atoms in total. The average molecular weight is 239 g/mol. The van der Waals surface area contributed by atoms with Gasteiger partial charge in [0.2, 0.25) is 5.96 Å². The second-order valence-corrected chi connectivity index (χ2v) is 5.52. The molecule has 1 aliphatic carbocycles. The van der Waals surface area contributed by atoms with Crippen LogP contribution >= 0.6 is 0 Å². The van der Waals surface area contributed by atoms with Gasteiger partial charge in [-0.05, 0) is 45.7 Å². The molecule has 0 unspecified atom stereocenters. The first-order chi connectivity index (χ1) is 8.19. The lowest BCUT2D eigenvalue weighted by atomic mass is 9.97. The number of hydrogen-bond acceptors (Lipinski definition) is 3. The molecule has 1 aliphatic heterocycles. The van der Waals surface area contributed by atoms with Crippen molar-refractivity contribution >= 4 is 5.96 Å². The highest BCUT2D eigenvalue weighted by atomic mass is 15.4. The highest BCUT2D eigenvalue weighted by molar-refractivity contribution is 5.79. The summed E-state index contributed by atoms with van der Waals surface area (Å²) in [6.45, 7) is 3.35. The number of guanidine groups is 1. The Morgan fingerprint density at radius 1 is 1.29 bits per heavy atom. The Bertz CT molecular complexity index is 264. The van der Waals surface area contributed by atoms with Crippen LogP contribution in [0.2, 0.25) is 0 Å². The molecule has 5 heteroatoms. The van der Waals surface area contributed by atoms with E-state index in [0.29, 0.717) is 6.04 Å². The van der Waals surface area contributed by atoms with Crippen LogP contribution in [0.25, 0.3) is 0 Å². The Hall–Kier alpha value is -0.810. The van der Waals surface area contributed by atoms with Crippen molar-refractivity contribution in [2.75, 3.05) is 33.7 Å². The number of nitrogens with one attached hydrogen (secondary N) is 1. The summed E-state index contributed by atoms with van der Waals surface area (Å²) in [5.41, 5.74) is 2.76. The molecule has 0 radical (unpaired) electrons. The first-order valence-corrected chi connectivity index (χ1v) is 6.63. The normalized spacial score (nSPS) is 23.3. The van der Waals surface area contributed by atoms with Gasteiger partial charge in [0.1, 0.15) is 0 Å². The molecule has 2 fully saturated rings. The summed E-state index contributed by atoms with van der Waals surface area (Å²) in [7, 11) is 4.29. The van der Waals surface area contributed by atoms with Gasteiger partial charge in [-0.1, -0.05) is 0 Å². The summed E-state index contributed by atoms with van der Waals surface area (Å²) in [5.74, 6) is 7.28. The van der Waals surface area contributed by atoms with E-state index in [2.05, 4.69) is 34.3 Å². The van der Waals surface area contributed by atoms with Crippen LogP contribution in [0.15, 0.2) is 4.99 Å². The fraction of sp³-hybridized carbons (Fsp3) is 0.917. The highest BCUT2D eigenvalue weighted by Gasteiger charge is 2.25. The van der Waals surface area contributed by atoms with Crippen molar-refractivity contribution in [1.82, 2.24) is 15.2 Å². The maximum absolute atomic E-state index is 5.56. The summed E-state index contributed by atoms with van der Waals surface area (Å²) in [5, 5.41) is 0. The van der Waals surface area contributed by atoms with Crippen LogP contribution in [0.5, 0.6) is 0 Å². The summed E-state index contributed by atoms with van der Waals surface area (Å²) in [6.07, 6.45) is 4.93. The van der Waals surface area contributed by atoms with E-state index in [1.54, 1.807) is 0 Å².